The summed E-state index contributed by atoms with van der Waals surface area (Å²) in [7, 11) is 0. The fourth-order valence-electron chi connectivity index (χ4n) is 4.84. The molecule has 3 aromatic carbocycles. The monoisotopic (exact) mass is 571 g/mol. The first kappa shape index (κ1) is 29.2. The summed E-state index contributed by atoms with van der Waals surface area (Å²) in [5.41, 5.74) is 2.54. The second-order valence-corrected chi connectivity index (χ2v) is 10.5. The predicted octanol–water partition coefficient (Wildman–Crippen LogP) is 4.75. The Bertz CT molecular complexity index is 1410. The van der Waals surface area contributed by atoms with Crippen molar-refractivity contribution in [1.29, 1.82) is 0 Å². The van der Waals surface area contributed by atoms with Crippen LogP contribution in [0.2, 0.25) is 0 Å². The van der Waals surface area contributed by atoms with Crippen molar-refractivity contribution in [3.8, 4) is 0 Å². The molecule has 1 N–H and O–H groups in total. The lowest BCUT2D eigenvalue weighted by Crippen LogP contribution is -2.42. The summed E-state index contributed by atoms with van der Waals surface area (Å²) in [6.07, 6.45) is -1.34. The van der Waals surface area contributed by atoms with Crippen LogP contribution in [0.5, 0.6) is 0 Å². The number of carbonyl (C=O) groups is 3. The second-order valence-electron chi connectivity index (χ2n) is 10.5. The smallest absolute Gasteiger partial charge is 0.408 e. The van der Waals surface area contributed by atoms with Crippen molar-refractivity contribution >= 4 is 17.8 Å². The fourth-order valence-corrected chi connectivity index (χ4v) is 4.84. The van der Waals surface area contributed by atoms with E-state index in [-0.39, 0.29) is 25.4 Å². The molecule has 1 amide bonds. The Hall–Kier alpha value is -4.31. The van der Waals surface area contributed by atoms with Gasteiger partial charge in [0.1, 0.15) is 25.4 Å². The van der Waals surface area contributed by atoms with E-state index < -0.39 is 42.4 Å². The summed E-state index contributed by atoms with van der Waals surface area (Å²) in [6.45, 7) is 3.41. The van der Waals surface area contributed by atoms with Gasteiger partial charge >= 0.3 is 12.1 Å². The molecular weight excluding hydrogens is 538 g/mol. The average molecular weight is 572 g/mol. The molecule has 2 fully saturated rings. The quantitative estimate of drug-likeness (QED) is 0.274. The van der Waals surface area contributed by atoms with E-state index in [0.717, 1.165) is 11.1 Å². The van der Waals surface area contributed by atoms with Crippen molar-refractivity contribution < 1.29 is 38.1 Å². The largest absolute Gasteiger partial charge is 0.459 e. The summed E-state index contributed by atoms with van der Waals surface area (Å²) in [5.74, 6) is -1.84. The molecule has 0 spiro atoms. The first-order valence-electron chi connectivity index (χ1n) is 13.8. The van der Waals surface area contributed by atoms with Crippen LogP contribution >= 0.6 is 0 Å². The first-order chi connectivity index (χ1) is 20.3. The highest BCUT2D eigenvalue weighted by atomic mass is 16.8. The van der Waals surface area contributed by atoms with Gasteiger partial charge in [0.05, 0.1) is 11.6 Å². The molecule has 9 nitrogen and oxygen atoms in total. The van der Waals surface area contributed by atoms with Gasteiger partial charge in [0.15, 0.2) is 17.9 Å². The van der Waals surface area contributed by atoms with Crippen molar-refractivity contribution in [2.75, 3.05) is 6.61 Å². The van der Waals surface area contributed by atoms with Gasteiger partial charge in [-0.15, -0.1) is 0 Å². The van der Waals surface area contributed by atoms with E-state index >= 15 is 0 Å². The SMILES string of the molecule is CC1(C)OC2C(=CC(=O)[C@H](Cc3ccccc3)NC(=O)OCc3ccccc3)[C@@H](COC(=O)c3ccccc3)O[C@@H]2O1. The summed E-state index contributed by atoms with van der Waals surface area (Å²) in [5, 5.41) is 2.72. The van der Waals surface area contributed by atoms with Crippen molar-refractivity contribution in [2.24, 2.45) is 0 Å². The molecule has 0 saturated carbocycles. The highest BCUT2D eigenvalue weighted by Crippen LogP contribution is 2.40. The van der Waals surface area contributed by atoms with Gasteiger partial charge in [-0.25, -0.2) is 9.59 Å². The first-order valence-corrected chi connectivity index (χ1v) is 13.8. The van der Waals surface area contributed by atoms with Crippen LogP contribution in [0.1, 0.15) is 35.3 Å². The molecule has 2 aliphatic rings. The molecule has 5 rings (SSSR count). The third-order valence-corrected chi connectivity index (χ3v) is 6.87. The van der Waals surface area contributed by atoms with Gasteiger partial charge in [-0.1, -0.05) is 78.9 Å². The molecule has 42 heavy (non-hydrogen) atoms. The molecule has 218 valence electrons. The maximum Gasteiger partial charge on any atom is 0.408 e. The van der Waals surface area contributed by atoms with E-state index in [0.29, 0.717) is 11.1 Å². The van der Waals surface area contributed by atoms with Gasteiger partial charge in [-0.05, 0) is 48.8 Å². The fraction of sp³-hybridized carbons (Fsp3) is 0.303. The zero-order chi connectivity index (χ0) is 29.5. The molecule has 0 radical (unpaired) electrons. The van der Waals surface area contributed by atoms with Gasteiger partial charge in [0.25, 0.3) is 0 Å². The van der Waals surface area contributed by atoms with Gasteiger partial charge < -0.3 is 29.0 Å². The van der Waals surface area contributed by atoms with Crippen molar-refractivity contribution in [3.63, 3.8) is 0 Å². The maximum atomic E-state index is 13.8. The summed E-state index contributed by atoms with van der Waals surface area (Å²) < 4.78 is 28.9. The Morgan fingerprint density at radius 3 is 2.14 bits per heavy atom. The van der Waals surface area contributed by atoms with E-state index in [1.54, 1.807) is 44.2 Å². The number of nitrogens with one attached hydrogen (secondary N) is 1. The number of amides is 1. The van der Waals surface area contributed by atoms with Gasteiger partial charge in [-0.3, -0.25) is 4.79 Å². The van der Waals surface area contributed by atoms with Crippen LogP contribution in [0.3, 0.4) is 0 Å². The van der Waals surface area contributed by atoms with Crippen LogP contribution in [-0.2, 0) is 41.5 Å². The number of hydrogen-bond acceptors (Lipinski definition) is 8. The standard InChI is InChI=1S/C33H33NO8/c1-33(2)41-29-25(28(40-31(29)42-33)21-38-30(36)24-16-10-5-11-17-24)19-27(35)26(18-22-12-6-3-7-13-22)34-32(37)39-20-23-14-8-4-9-15-23/h3-17,19,26,28-29,31H,18,20-21H2,1-2H3,(H,34,37)/t26-,28+,29?,31+/m0/s1. The van der Waals surface area contributed by atoms with Gasteiger partial charge in [-0.2, -0.15) is 0 Å². The van der Waals surface area contributed by atoms with E-state index in [4.69, 9.17) is 23.7 Å². The van der Waals surface area contributed by atoms with Crippen LogP contribution in [-0.4, -0.2) is 54.8 Å². The predicted molar refractivity (Wildman–Crippen MR) is 152 cm³/mol. The molecule has 4 atom stereocenters. The van der Waals surface area contributed by atoms with Crippen LogP contribution in [0.4, 0.5) is 4.79 Å². The summed E-state index contributed by atoms with van der Waals surface area (Å²) in [4.78, 5) is 39.1. The molecule has 0 bridgehead atoms. The number of ether oxygens (including phenoxy) is 5. The van der Waals surface area contributed by atoms with Crippen molar-refractivity contribution in [3.05, 3.63) is 119 Å². The lowest BCUT2D eigenvalue weighted by Gasteiger charge is -2.22. The normalized spacial score (nSPS) is 22.2. The van der Waals surface area contributed by atoms with E-state index in [9.17, 15) is 14.4 Å². The number of carbonyl (C=O) groups excluding carboxylic acids is 3. The zero-order valence-electron chi connectivity index (χ0n) is 23.4. The Balaban J connectivity index is 1.34. The molecule has 2 heterocycles. The number of benzene rings is 3. The molecule has 0 aromatic heterocycles. The topological polar surface area (TPSA) is 109 Å². The summed E-state index contributed by atoms with van der Waals surface area (Å²) >= 11 is 0. The van der Waals surface area contributed by atoms with Crippen LogP contribution < -0.4 is 5.32 Å². The lowest BCUT2D eigenvalue weighted by molar-refractivity contribution is -0.202. The van der Waals surface area contributed by atoms with Crippen LogP contribution in [0, 0.1) is 0 Å². The number of hydrogen-bond donors (Lipinski definition) is 1. The molecule has 2 saturated heterocycles. The van der Waals surface area contributed by atoms with Gasteiger partial charge in [0.2, 0.25) is 0 Å². The van der Waals surface area contributed by atoms with Crippen molar-refractivity contribution in [1.82, 2.24) is 5.32 Å². The lowest BCUT2D eigenvalue weighted by atomic mass is 9.98. The third-order valence-electron chi connectivity index (χ3n) is 6.87. The van der Waals surface area contributed by atoms with E-state index in [1.165, 1.54) is 6.08 Å². The Morgan fingerprint density at radius 1 is 0.857 bits per heavy atom. The Labute approximate surface area is 244 Å². The molecule has 1 unspecified atom stereocenters. The van der Waals surface area contributed by atoms with Crippen molar-refractivity contribution in [2.45, 2.75) is 57.2 Å². The molecule has 0 aliphatic carbocycles. The second kappa shape index (κ2) is 13.1. The third kappa shape index (κ3) is 7.50. The number of ketones is 1. The van der Waals surface area contributed by atoms with E-state index in [1.807, 2.05) is 60.7 Å². The number of fused-ring (bicyclic) bond motifs is 1. The van der Waals surface area contributed by atoms with Crippen LogP contribution in [0.15, 0.2) is 103 Å². The molecule has 3 aromatic rings. The Morgan fingerprint density at radius 2 is 1.48 bits per heavy atom. The number of esters is 1. The van der Waals surface area contributed by atoms with Gasteiger partial charge in [0, 0.05) is 6.42 Å². The molecule has 2 aliphatic heterocycles. The van der Waals surface area contributed by atoms with Crippen LogP contribution in [0.25, 0.3) is 0 Å². The highest BCUT2D eigenvalue weighted by Gasteiger charge is 2.52. The Kier molecular flexibility index (Phi) is 9.12. The minimum atomic E-state index is -0.940. The molecule has 9 heteroatoms. The minimum Gasteiger partial charge on any atom is -0.459 e. The van der Waals surface area contributed by atoms with E-state index in [2.05, 4.69) is 5.32 Å². The molecular formula is C33H33NO8. The number of alkyl carbamates (subject to hydrolysis) is 1. The maximum absolute atomic E-state index is 13.8. The average Bonchev–Trinajstić information content (AvgIpc) is 3.47. The zero-order valence-corrected chi connectivity index (χ0v) is 23.4. The highest BCUT2D eigenvalue weighted by molar-refractivity contribution is 5.97. The minimum absolute atomic E-state index is 0.0622. The number of rotatable bonds is 10. The summed E-state index contributed by atoms with van der Waals surface area (Å²) in [6, 6.07) is 26.3.